The SMILES string of the molecule is Cc1c2n(c(=O)c3ccccc13)CCCS2. The summed E-state index contributed by atoms with van der Waals surface area (Å²) >= 11 is 1.81. The lowest BCUT2D eigenvalue weighted by molar-refractivity contribution is 0.591. The molecular weight excluding hydrogens is 218 g/mol. The van der Waals surface area contributed by atoms with E-state index in [1.54, 1.807) is 0 Å². The van der Waals surface area contributed by atoms with Crippen LogP contribution in [0, 0.1) is 6.92 Å². The molecule has 0 unspecified atom stereocenters. The van der Waals surface area contributed by atoms with Gasteiger partial charge in [0, 0.05) is 17.7 Å². The van der Waals surface area contributed by atoms with Crippen LogP contribution in [0.3, 0.4) is 0 Å². The monoisotopic (exact) mass is 231 g/mol. The Labute approximate surface area is 98.3 Å². The van der Waals surface area contributed by atoms with Gasteiger partial charge in [0.1, 0.15) is 0 Å². The van der Waals surface area contributed by atoms with E-state index in [1.165, 1.54) is 5.56 Å². The van der Waals surface area contributed by atoms with Crippen LogP contribution in [0.25, 0.3) is 10.8 Å². The van der Waals surface area contributed by atoms with Crippen LogP contribution in [0.15, 0.2) is 34.1 Å². The highest BCUT2D eigenvalue weighted by molar-refractivity contribution is 7.99. The molecule has 1 aromatic heterocycles. The van der Waals surface area contributed by atoms with E-state index in [0.717, 1.165) is 34.5 Å². The largest absolute Gasteiger partial charge is 0.302 e. The van der Waals surface area contributed by atoms with Gasteiger partial charge in [0.05, 0.1) is 5.03 Å². The molecule has 0 atom stereocenters. The molecule has 0 bridgehead atoms. The van der Waals surface area contributed by atoms with Gasteiger partial charge < -0.3 is 4.57 Å². The first-order valence-corrected chi connectivity index (χ1v) is 6.52. The number of fused-ring (bicyclic) bond motifs is 2. The van der Waals surface area contributed by atoms with Crippen molar-refractivity contribution < 1.29 is 0 Å². The Morgan fingerprint density at radius 3 is 2.81 bits per heavy atom. The third kappa shape index (κ3) is 1.31. The Morgan fingerprint density at radius 1 is 1.25 bits per heavy atom. The molecule has 1 aromatic carbocycles. The van der Waals surface area contributed by atoms with Crippen molar-refractivity contribution in [2.24, 2.45) is 0 Å². The molecule has 0 amide bonds. The van der Waals surface area contributed by atoms with Gasteiger partial charge >= 0.3 is 0 Å². The Balaban J connectivity index is 2.49. The fourth-order valence-electron chi connectivity index (χ4n) is 2.33. The second-order valence-corrected chi connectivity index (χ2v) is 5.22. The van der Waals surface area contributed by atoms with Gasteiger partial charge in [-0.05, 0) is 30.4 Å². The molecule has 1 aliphatic heterocycles. The van der Waals surface area contributed by atoms with E-state index in [9.17, 15) is 4.79 Å². The molecule has 3 heteroatoms. The number of hydrogen-bond acceptors (Lipinski definition) is 2. The van der Waals surface area contributed by atoms with Crippen LogP contribution < -0.4 is 5.56 Å². The summed E-state index contributed by atoms with van der Waals surface area (Å²) in [6, 6.07) is 7.91. The number of rotatable bonds is 0. The summed E-state index contributed by atoms with van der Waals surface area (Å²) < 4.78 is 1.94. The summed E-state index contributed by atoms with van der Waals surface area (Å²) in [4.78, 5) is 12.3. The third-order valence-corrected chi connectivity index (χ3v) is 4.43. The highest BCUT2D eigenvalue weighted by Crippen LogP contribution is 2.30. The summed E-state index contributed by atoms with van der Waals surface area (Å²) in [6.45, 7) is 2.98. The zero-order chi connectivity index (χ0) is 11.1. The Hall–Kier alpha value is -1.22. The van der Waals surface area contributed by atoms with Gasteiger partial charge in [-0.2, -0.15) is 0 Å². The topological polar surface area (TPSA) is 22.0 Å². The number of hydrogen-bond donors (Lipinski definition) is 0. The molecule has 2 heterocycles. The summed E-state index contributed by atoms with van der Waals surface area (Å²) in [7, 11) is 0. The maximum atomic E-state index is 12.3. The van der Waals surface area contributed by atoms with Crippen molar-refractivity contribution in [3.8, 4) is 0 Å². The molecule has 0 N–H and O–H groups in total. The number of aromatic nitrogens is 1. The van der Waals surface area contributed by atoms with Crippen molar-refractivity contribution in [3.05, 3.63) is 40.2 Å². The molecule has 0 fully saturated rings. The van der Waals surface area contributed by atoms with Crippen LogP contribution in [-0.4, -0.2) is 10.3 Å². The predicted octanol–water partition coefficient (Wildman–Crippen LogP) is 2.81. The van der Waals surface area contributed by atoms with Crippen LogP contribution in [0.1, 0.15) is 12.0 Å². The second kappa shape index (κ2) is 3.67. The minimum Gasteiger partial charge on any atom is -0.302 e. The molecular formula is C13H13NOS. The third-order valence-electron chi connectivity index (χ3n) is 3.14. The van der Waals surface area contributed by atoms with E-state index in [4.69, 9.17) is 0 Å². The maximum absolute atomic E-state index is 12.3. The van der Waals surface area contributed by atoms with Gasteiger partial charge in [-0.25, -0.2) is 0 Å². The number of pyridine rings is 1. The maximum Gasteiger partial charge on any atom is 0.259 e. The minimum absolute atomic E-state index is 0.170. The summed E-state index contributed by atoms with van der Waals surface area (Å²) in [6.07, 6.45) is 1.09. The van der Waals surface area contributed by atoms with Crippen molar-refractivity contribution in [1.29, 1.82) is 0 Å². The standard InChI is InChI=1S/C13H13NOS/c1-9-10-5-2-3-6-11(10)12(15)14-7-4-8-16-13(9)14/h2-3,5-6H,4,7-8H2,1H3. The molecule has 16 heavy (non-hydrogen) atoms. The lowest BCUT2D eigenvalue weighted by Gasteiger charge is -2.21. The average molecular weight is 231 g/mol. The fraction of sp³-hybridized carbons (Fsp3) is 0.308. The highest BCUT2D eigenvalue weighted by Gasteiger charge is 2.16. The molecule has 2 nitrogen and oxygen atoms in total. The van der Waals surface area contributed by atoms with Crippen LogP contribution in [-0.2, 0) is 6.54 Å². The number of aryl methyl sites for hydroxylation is 1. The lowest BCUT2D eigenvalue weighted by atomic mass is 10.1. The van der Waals surface area contributed by atoms with Crippen LogP contribution >= 0.6 is 11.8 Å². The van der Waals surface area contributed by atoms with E-state index in [2.05, 4.69) is 6.92 Å². The molecule has 0 spiro atoms. The molecule has 2 aromatic rings. The van der Waals surface area contributed by atoms with Gasteiger partial charge in [0.15, 0.2) is 0 Å². The zero-order valence-electron chi connectivity index (χ0n) is 9.19. The van der Waals surface area contributed by atoms with E-state index in [1.807, 2.05) is 40.6 Å². The molecule has 3 rings (SSSR count). The van der Waals surface area contributed by atoms with Crippen molar-refractivity contribution >= 4 is 22.5 Å². The fourth-order valence-corrected chi connectivity index (χ4v) is 3.46. The zero-order valence-corrected chi connectivity index (χ0v) is 10.0. The molecule has 82 valence electrons. The molecule has 0 saturated carbocycles. The van der Waals surface area contributed by atoms with Gasteiger partial charge in [0.25, 0.3) is 5.56 Å². The van der Waals surface area contributed by atoms with Crippen molar-refractivity contribution in [2.45, 2.75) is 24.9 Å². The molecule has 0 aliphatic carbocycles. The van der Waals surface area contributed by atoms with E-state index in [-0.39, 0.29) is 5.56 Å². The van der Waals surface area contributed by atoms with Crippen LogP contribution in [0.2, 0.25) is 0 Å². The second-order valence-electron chi connectivity index (χ2n) is 4.13. The molecule has 0 saturated heterocycles. The highest BCUT2D eigenvalue weighted by atomic mass is 32.2. The first-order chi connectivity index (χ1) is 7.79. The lowest BCUT2D eigenvalue weighted by Crippen LogP contribution is -2.25. The van der Waals surface area contributed by atoms with Gasteiger partial charge in [-0.15, -0.1) is 11.8 Å². The Bertz CT molecular complexity index is 615. The van der Waals surface area contributed by atoms with Crippen molar-refractivity contribution in [3.63, 3.8) is 0 Å². The van der Waals surface area contributed by atoms with E-state index < -0.39 is 0 Å². The van der Waals surface area contributed by atoms with Crippen LogP contribution in [0.5, 0.6) is 0 Å². The van der Waals surface area contributed by atoms with Gasteiger partial charge in [-0.1, -0.05) is 18.2 Å². The Morgan fingerprint density at radius 2 is 2.00 bits per heavy atom. The van der Waals surface area contributed by atoms with E-state index in [0.29, 0.717) is 0 Å². The first kappa shape index (κ1) is 9.97. The molecule has 0 radical (unpaired) electrons. The quantitative estimate of drug-likeness (QED) is 0.695. The van der Waals surface area contributed by atoms with Crippen molar-refractivity contribution in [2.75, 3.05) is 5.75 Å². The summed E-state index contributed by atoms with van der Waals surface area (Å²) in [5.74, 6) is 1.12. The number of benzene rings is 1. The van der Waals surface area contributed by atoms with E-state index >= 15 is 0 Å². The number of thioether (sulfide) groups is 1. The number of nitrogens with zero attached hydrogens (tertiary/aromatic N) is 1. The van der Waals surface area contributed by atoms with Gasteiger partial charge in [0.2, 0.25) is 0 Å². The summed E-state index contributed by atoms with van der Waals surface area (Å²) in [5.41, 5.74) is 1.42. The average Bonchev–Trinajstić information content (AvgIpc) is 2.36. The summed E-state index contributed by atoms with van der Waals surface area (Å²) in [5, 5.41) is 3.12. The minimum atomic E-state index is 0.170. The van der Waals surface area contributed by atoms with Crippen LogP contribution in [0.4, 0.5) is 0 Å². The first-order valence-electron chi connectivity index (χ1n) is 5.54. The van der Waals surface area contributed by atoms with Crippen molar-refractivity contribution in [1.82, 2.24) is 4.57 Å². The van der Waals surface area contributed by atoms with Gasteiger partial charge in [-0.3, -0.25) is 4.79 Å². The Kier molecular flexibility index (Phi) is 2.28. The predicted molar refractivity (Wildman–Crippen MR) is 68.3 cm³/mol. The smallest absolute Gasteiger partial charge is 0.259 e. The molecule has 1 aliphatic rings. The normalized spacial score (nSPS) is 15.1.